The minimum Gasteiger partial charge on any atom is -0.383 e. The smallest absolute Gasteiger partial charge is 0.168 e. The molecule has 0 bridgehead atoms. The molecule has 0 aliphatic rings. The van der Waals surface area contributed by atoms with Crippen LogP contribution in [-0.2, 0) is 18.4 Å². The Hall–Kier alpha value is -2.01. The Morgan fingerprint density at radius 2 is 1.81 bits per heavy atom. The number of thiazole rings is 1. The van der Waals surface area contributed by atoms with Crippen molar-refractivity contribution in [3.63, 3.8) is 0 Å². The average Bonchev–Trinajstić information content (AvgIpc) is 3.12. The van der Waals surface area contributed by atoms with E-state index in [1.165, 1.54) is 11.3 Å². The van der Waals surface area contributed by atoms with Gasteiger partial charge in [-0.05, 0) is 43.5 Å². The van der Waals surface area contributed by atoms with Crippen molar-refractivity contribution in [1.82, 2.24) is 4.98 Å². The summed E-state index contributed by atoms with van der Waals surface area (Å²) in [4.78, 5) is 17.1. The first-order valence-corrected chi connectivity index (χ1v) is 10.1. The van der Waals surface area contributed by atoms with Crippen LogP contribution in [-0.4, -0.2) is 15.9 Å². The molecule has 3 rings (SSSR count). The third-order valence-electron chi connectivity index (χ3n) is 4.38. The van der Waals surface area contributed by atoms with E-state index in [9.17, 15) is 9.90 Å². The fourth-order valence-electron chi connectivity index (χ4n) is 2.77. The molecule has 0 unspecified atom stereocenters. The zero-order chi connectivity index (χ0) is 19.6. The summed E-state index contributed by atoms with van der Waals surface area (Å²) in [6.07, 6.45) is 1.19. The first-order valence-electron chi connectivity index (χ1n) is 8.87. The SMILES string of the molecule is CCc1ccc(C(=O)Cc2ccc(-c3csc(C(C)(C)O)n3)cc2)c(Cl)c1. The van der Waals surface area contributed by atoms with Gasteiger partial charge in [0, 0.05) is 22.9 Å². The molecule has 140 valence electrons. The van der Waals surface area contributed by atoms with Crippen LogP contribution in [0.4, 0.5) is 0 Å². The number of aliphatic hydroxyl groups is 1. The van der Waals surface area contributed by atoms with Crippen LogP contribution >= 0.6 is 22.9 Å². The standard InChI is InChI=1S/C22H22ClNO2S/c1-4-14-7-10-17(18(23)11-14)20(25)12-15-5-8-16(9-6-15)19-13-27-21(24-19)22(2,3)26/h5-11,13,26H,4,12H2,1-3H3. The van der Waals surface area contributed by atoms with Crippen molar-refractivity contribution in [3.05, 3.63) is 74.6 Å². The number of carbonyl (C=O) groups excluding carboxylic acids is 1. The maximum absolute atomic E-state index is 12.6. The molecule has 3 aromatic rings. The van der Waals surface area contributed by atoms with Crippen LogP contribution < -0.4 is 0 Å². The summed E-state index contributed by atoms with van der Waals surface area (Å²) in [6.45, 7) is 5.51. The Morgan fingerprint density at radius 3 is 2.37 bits per heavy atom. The van der Waals surface area contributed by atoms with Gasteiger partial charge in [0.1, 0.15) is 10.6 Å². The second-order valence-corrected chi connectivity index (χ2v) is 8.33. The largest absolute Gasteiger partial charge is 0.383 e. The molecule has 0 radical (unpaired) electrons. The highest BCUT2D eigenvalue weighted by atomic mass is 35.5. The zero-order valence-corrected chi connectivity index (χ0v) is 17.2. The number of Topliss-reactive ketones (excluding diaryl/α,β-unsaturated/α-hetero) is 1. The van der Waals surface area contributed by atoms with Gasteiger partial charge in [-0.15, -0.1) is 11.3 Å². The van der Waals surface area contributed by atoms with Crippen molar-refractivity contribution in [2.24, 2.45) is 0 Å². The predicted molar refractivity (Wildman–Crippen MR) is 112 cm³/mol. The van der Waals surface area contributed by atoms with Crippen molar-refractivity contribution in [1.29, 1.82) is 0 Å². The van der Waals surface area contributed by atoms with E-state index in [0.29, 0.717) is 22.0 Å². The fraction of sp³-hybridized carbons (Fsp3) is 0.273. The summed E-state index contributed by atoms with van der Waals surface area (Å²) in [6, 6.07) is 13.4. The first-order chi connectivity index (χ1) is 12.8. The lowest BCUT2D eigenvalue weighted by atomic mass is 10.00. The van der Waals surface area contributed by atoms with Gasteiger partial charge >= 0.3 is 0 Å². The van der Waals surface area contributed by atoms with Crippen molar-refractivity contribution in [2.75, 3.05) is 0 Å². The Kier molecular flexibility index (Phi) is 5.80. The highest BCUT2D eigenvalue weighted by Gasteiger charge is 2.20. The topological polar surface area (TPSA) is 50.2 Å². The molecule has 2 aromatic carbocycles. The Morgan fingerprint density at radius 1 is 1.15 bits per heavy atom. The van der Waals surface area contributed by atoms with Crippen LogP contribution in [0.15, 0.2) is 47.8 Å². The lowest BCUT2D eigenvalue weighted by molar-refractivity contribution is 0.0783. The van der Waals surface area contributed by atoms with Crippen molar-refractivity contribution in [3.8, 4) is 11.3 Å². The van der Waals surface area contributed by atoms with Crippen LogP contribution in [0.3, 0.4) is 0 Å². The van der Waals surface area contributed by atoms with Gasteiger partial charge in [0.15, 0.2) is 5.78 Å². The van der Waals surface area contributed by atoms with Gasteiger partial charge in [-0.3, -0.25) is 4.79 Å². The average molecular weight is 400 g/mol. The number of benzene rings is 2. The van der Waals surface area contributed by atoms with E-state index < -0.39 is 5.60 Å². The number of ketones is 1. The summed E-state index contributed by atoms with van der Waals surface area (Å²) in [7, 11) is 0. The van der Waals surface area contributed by atoms with E-state index in [0.717, 1.165) is 28.8 Å². The van der Waals surface area contributed by atoms with Crippen molar-refractivity contribution >= 4 is 28.7 Å². The van der Waals surface area contributed by atoms with Crippen LogP contribution in [0.2, 0.25) is 5.02 Å². The maximum atomic E-state index is 12.6. The third kappa shape index (κ3) is 4.64. The van der Waals surface area contributed by atoms with E-state index >= 15 is 0 Å². The molecular weight excluding hydrogens is 378 g/mol. The third-order valence-corrected chi connectivity index (χ3v) is 5.85. The number of aromatic nitrogens is 1. The highest BCUT2D eigenvalue weighted by Crippen LogP contribution is 2.29. The van der Waals surface area contributed by atoms with Crippen LogP contribution in [0, 0.1) is 0 Å². The number of hydrogen-bond donors (Lipinski definition) is 1. The lowest BCUT2D eigenvalue weighted by Gasteiger charge is -2.12. The molecule has 1 heterocycles. The van der Waals surface area contributed by atoms with E-state index in [4.69, 9.17) is 11.6 Å². The van der Waals surface area contributed by atoms with Crippen molar-refractivity contribution in [2.45, 2.75) is 39.2 Å². The lowest BCUT2D eigenvalue weighted by Crippen LogP contribution is -2.14. The summed E-state index contributed by atoms with van der Waals surface area (Å²) in [5, 5.41) is 13.2. The van der Waals surface area contributed by atoms with E-state index in [1.807, 2.05) is 47.8 Å². The maximum Gasteiger partial charge on any atom is 0.168 e. The van der Waals surface area contributed by atoms with Crippen molar-refractivity contribution < 1.29 is 9.90 Å². The quantitative estimate of drug-likeness (QED) is 0.542. The molecular formula is C22H22ClNO2S. The second kappa shape index (κ2) is 7.93. The fourth-order valence-corrected chi connectivity index (χ4v) is 3.93. The first kappa shape index (κ1) is 19.7. The molecule has 0 aliphatic heterocycles. The summed E-state index contributed by atoms with van der Waals surface area (Å²) in [5.74, 6) is 0.00776. The van der Waals surface area contributed by atoms with Gasteiger partial charge in [-0.1, -0.05) is 48.9 Å². The number of nitrogens with zero attached hydrogens (tertiary/aromatic N) is 1. The molecule has 3 nitrogen and oxygen atoms in total. The monoisotopic (exact) mass is 399 g/mol. The molecule has 0 saturated carbocycles. The summed E-state index contributed by atoms with van der Waals surface area (Å²) >= 11 is 7.70. The summed E-state index contributed by atoms with van der Waals surface area (Å²) < 4.78 is 0. The molecule has 27 heavy (non-hydrogen) atoms. The molecule has 0 amide bonds. The van der Waals surface area contributed by atoms with E-state index in [-0.39, 0.29) is 5.78 Å². The van der Waals surface area contributed by atoms with Gasteiger partial charge < -0.3 is 5.11 Å². The van der Waals surface area contributed by atoms with Gasteiger partial charge in [-0.25, -0.2) is 4.98 Å². The van der Waals surface area contributed by atoms with E-state index in [2.05, 4.69) is 11.9 Å². The Labute approximate surface area is 168 Å². The highest BCUT2D eigenvalue weighted by molar-refractivity contribution is 7.10. The van der Waals surface area contributed by atoms with Gasteiger partial charge in [0.2, 0.25) is 0 Å². The van der Waals surface area contributed by atoms with Gasteiger partial charge in [0.25, 0.3) is 0 Å². The molecule has 0 saturated heterocycles. The molecule has 0 atom stereocenters. The van der Waals surface area contributed by atoms with Crippen LogP contribution in [0.1, 0.15) is 47.3 Å². The number of rotatable bonds is 6. The normalized spacial score (nSPS) is 11.6. The zero-order valence-electron chi connectivity index (χ0n) is 15.6. The number of hydrogen-bond acceptors (Lipinski definition) is 4. The Balaban J connectivity index is 1.74. The molecule has 1 N–H and O–H groups in total. The molecule has 5 heteroatoms. The minimum absolute atomic E-state index is 0.00776. The number of halogens is 1. The van der Waals surface area contributed by atoms with Crippen LogP contribution in [0.25, 0.3) is 11.3 Å². The molecule has 0 fully saturated rings. The number of carbonyl (C=O) groups is 1. The molecule has 0 aliphatic carbocycles. The number of aryl methyl sites for hydroxylation is 1. The minimum atomic E-state index is -0.943. The van der Waals surface area contributed by atoms with Gasteiger partial charge in [-0.2, -0.15) is 0 Å². The predicted octanol–water partition coefficient (Wildman–Crippen LogP) is 5.68. The molecule has 1 aromatic heterocycles. The van der Waals surface area contributed by atoms with Crippen LogP contribution in [0.5, 0.6) is 0 Å². The van der Waals surface area contributed by atoms with Gasteiger partial charge in [0.05, 0.1) is 10.7 Å². The Bertz CT molecular complexity index is 955. The second-order valence-electron chi connectivity index (χ2n) is 7.06. The summed E-state index contributed by atoms with van der Waals surface area (Å²) in [5.41, 5.74) is 3.46. The van der Waals surface area contributed by atoms with E-state index in [1.54, 1.807) is 13.8 Å². The molecule has 0 spiro atoms.